The van der Waals surface area contributed by atoms with Crippen LogP contribution in [0.3, 0.4) is 0 Å². The van der Waals surface area contributed by atoms with Crippen molar-refractivity contribution < 1.29 is 19.3 Å². The summed E-state index contributed by atoms with van der Waals surface area (Å²) >= 11 is 0. The number of carboxylic acid groups (broad SMARTS) is 1. The monoisotopic (exact) mass is 301 g/mol. The predicted octanol–water partition coefficient (Wildman–Crippen LogP) is 3.70. The molecular weight excluding hydrogens is 285 g/mol. The highest BCUT2D eigenvalue weighted by Gasteiger charge is 1.93. The lowest BCUT2D eigenvalue weighted by Gasteiger charge is -1.99. The Hall–Kier alpha value is -2.95. The molecule has 0 aliphatic carbocycles. The van der Waals surface area contributed by atoms with Crippen molar-refractivity contribution >= 4 is 23.9 Å². The minimum atomic E-state index is -0.961. The summed E-state index contributed by atoms with van der Waals surface area (Å²) in [4.78, 5) is 14.8. The van der Waals surface area contributed by atoms with Gasteiger partial charge in [0.2, 0.25) is 0 Å². The standard InChI is InChI=1S/C17H15NO3.FH/c1-21-16-9-4-14(5-10-16)12-18-15-7-2-13(3-8-15)6-11-17(19)20;/h2-12H,1H3,(H,19,20);1H/b11-6+,18-12?;. The molecule has 0 unspecified atom stereocenters. The smallest absolute Gasteiger partial charge is 0.328 e. The van der Waals surface area contributed by atoms with Crippen molar-refractivity contribution in [1.82, 2.24) is 0 Å². The molecular formula is C17H16FNO3. The zero-order valence-corrected chi connectivity index (χ0v) is 12.0. The van der Waals surface area contributed by atoms with Gasteiger partial charge in [-0.15, -0.1) is 0 Å². The van der Waals surface area contributed by atoms with Gasteiger partial charge >= 0.3 is 5.97 Å². The molecule has 2 rings (SSSR count). The van der Waals surface area contributed by atoms with Gasteiger partial charge in [0, 0.05) is 12.3 Å². The van der Waals surface area contributed by atoms with Crippen molar-refractivity contribution in [2.24, 2.45) is 4.99 Å². The maximum atomic E-state index is 10.4. The van der Waals surface area contributed by atoms with Crippen molar-refractivity contribution in [2.45, 2.75) is 0 Å². The number of carbonyl (C=O) groups is 1. The van der Waals surface area contributed by atoms with E-state index in [4.69, 9.17) is 9.84 Å². The lowest BCUT2D eigenvalue weighted by atomic mass is 10.2. The first-order chi connectivity index (χ1) is 10.2. The number of hydrogen-bond acceptors (Lipinski definition) is 3. The van der Waals surface area contributed by atoms with Gasteiger partial charge in [-0.1, -0.05) is 12.1 Å². The zero-order chi connectivity index (χ0) is 15.1. The molecule has 0 radical (unpaired) electrons. The molecule has 0 atom stereocenters. The van der Waals surface area contributed by atoms with Crippen molar-refractivity contribution in [3.8, 4) is 5.75 Å². The van der Waals surface area contributed by atoms with Crippen LogP contribution in [0.15, 0.2) is 59.6 Å². The van der Waals surface area contributed by atoms with Gasteiger partial charge in [-0.05, 0) is 53.6 Å². The van der Waals surface area contributed by atoms with Crippen LogP contribution in [0, 0.1) is 0 Å². The maximum absolute atomic E-state index is 10.4. The quantitative estimate of drug-likeness (QED) is 0.676. The molecule has 114 valence electrons. The van der Waals surface area contributed by atoms with E-state index in [0.29, 0.717) is 0 Å². The summed E-state index contributed by atoms with van der Waals surface area (Å²) in [5, 5.41) is 8.56. The zero-order valence-electron chi connectivity index (χ0n) is 12.0. The van der Waals surface area contributed by atoms with Crippen LogP contribution in [-0.4, -0.2) is 24.4 Å². The number of benzene rings is 2. The van der Waals surface area contributed by atoms with E-state index in [-0.39, 0.29) is 4.70 Å². The number of hydrogen-bond donors (Lipinski definition) is 1. The SMILES string of the molecule is COc1ccc(C=Nc2ccc(/C=C/C(=O)O)cc2)cc1.F. The van der Waals surface area contributed by atoms with E-state index in [1.165, 1.54) is 0 Å². The topological polar surface area (TPSA) is 58.9 Å². The summed E-state index contributed by atoms with van der Waals surface area (Å²) in [5.41, 5.74) is 2.60. The Morgan fingerprint density at radius 3 is 2.18 bits per heavy atom. The van der Waals surface area contributed by atoms with Crippen LogP contribution in [0.1, 0.15) is 11.1 Å². The minimum Gasteiger partial charge on any atom is -0.497 e. The molecule has 1 N–H and O–H groups in total. The molecule has 0 bridgehead atoms. The summed E-state index contributed by atoms with van der Waals surface area (Å²) < 4.78 is 5.09. The highest BCUT2D eigenvalue weighted by atomic mass is 19.0. The fourth-order valence-electron chi connectivity index (χ4n) is 1.68. The third-order valence-corrected chi connectivity index (χ3v) is 2.79. The molecule has 22 heavy (non-hydrogen) atoms. The van der Waals surface area contributed by atoms with Crippen LogP contribution in [0.2, 0.25) is 0 Å². The second kappa shape index (κ2) is 8.36. The first kappa shape index (κ1) is 17.1. The normalized spacial score (nSPS) is 10.6. The first-order valence-corrected chi connectivity index (χ1v) is 6.36. The molecule has 2 aromatic rings. The van der Waals surface area contributed by atoms with Crippen molar-refractivity contribution in [3.05, 3.63) is 65.7 Å². The highest BCUT2D eigenvalue weighted by Crippen LogP contribution is 2.15. The van der Waals surface area contributed by atoms with Gasteiger partial charge in [0.05, 0.1) is 12.8 Å². The largest absolute Gasteiger partial charge is 0.497 e. The second-order valence-electron chi connectivity index (χ2n) is 4.29. The fraction of sp³-hybridized carbons (Fsp3) is 0.0588. The van der Waals surface area contributed by atoms with Crippen LogP contribution in [-0.2, 0) is 4.79 Å². The lowest BCUT2D eigenvalue weighted by Crippen LogP contribution is -1.85. The van der Waals surface area contributed by atoms with E-state index in [1.807, 2.05) is 48.5 Å². The Morgan fingerprint density at radius 1 is 1.05 bits per heavy atom. The first-order valence-electron chi connectivity index (χ1n) is 6.36. The van der Waals surface area contributed by atoms with E-state index in [1.54, 1.807) is 19.4 Å². The van der Waals surface area contributed by atoms with Crippen LogP contribution < -0.4 is 4.74 Å². The summed E-state index contributed by atoms with van der Waals surface area (Å²) in [7, 11) is 1.63. The van der Waals surface area contributed by atoms with E-state index >= 15 is 0 Å². The van der Waals surface area contributed by atoms with E-state index in [2.05, 4.69) is 4.99 Å². The molecule has 0 saturated carbocycles. The Bertz CT molecular complexity index is 661. The Kier molecular flexibility index (Phi) is 6.50. The van der Waals surface area contributed by atoms with E-state index in [9.17, 15) is 4.79 Å². The fourth-order valence-corrected chi connectivity index (χ4v) is 1.68. The van der Waals surface area contributed by atoms with Gasteiger partial charge in [0.15, 0.2) is 0 Å². The number of nitrogens with zero attached hydrogens (tertiary/aromatic N) is 1. The van der Waals surface area contributed by atoms with Gasteiger partial charge in [0.1, 0.15) is 5.75 Å². The second-order valence-corrected chi connectivity index (χ2v) is 4.29. The predicted molar refractivity (Wildman–Crippen MR) is 85.9 cm³/mol. The maximum Gasteiger partial charge on any atom is 0.328 e. The van der Waals surface area contributed by atoms with Crippen LogP contribution in [0.25, 0.3) is 6.08 Å². The molecule has 0 spiro atoms. The van der Waals surface area contributed by atoms with Gasteiger partial charge < -0.3 is 9.84 Å². The average molecular weight is 301 g/mol. The summed E-state index contributed by atoms with van der Waals surface area (Å²) in [6.45, 7) is 0. The number of ether oxygens (including phenoxy) is 1. The van der Waals surface area contributed by atoms with Crippen molar-refractivity contribution in [3.63, 3.8) is 0 Å². The highest BCUT2D eigenvalue weighted by molar-refractivity contribution is 5.85. The van der Waals surface area contributed by atoms with Crippen LogP contribution in [0.5, 0.6) is 5.75 Å². The lowest BCUT2D eigenvalue weighted by molar-refractivity contribution is -0.131. The molecule has 0 aliphatic rings. The van der Waals surface area contributed by atoms with Crippen molar-refractivity contribution in [1.29, 1.82) is 0 Å². The summed E-state index contributed by atoms with van der Waals surface area (Å²) in [6.07, 6.45) is 4.41. The molecule has 0 fully saturated rings. The molecule has 0 saturated heterocycles. The summed E-state index contributed by atoms with van der Waals surface area (Å²) in [5.74, 6) is -0.154. The number of carboxylic acids is 1. The van der Waals surface area contributed by atoms with E-state index in [0.717, 1.165) is 28.6 Å². The number of aliphatic carboxylic acids is 1. The number of halogens is 1. The van der Waals surface area contributed by atoms with E-state index < -0.39 is 5.97 Å². The molecule has 0 aliphatic heterocycles. The molecule has 5 heteroatoms. The molecule has 0 heterocycles. The average Bonchev–Trinajstić information content (AvgIpc) is 2.52. The van der Waals surface area contributed by atoms with Gasteiger partial charge in [-0.3, -0.25) is 9.70 Å². The number of aliphatic imine (C=N–C) groups is 1. The summed E-state index contributed by atoms with van der Waals surface area (Å²) in [6, 6.07) is 14.9. The van der Waals surface area contributed by atoms with Crippen LogP contribution in [0.4, 0.5) is 10.4 Å². The number of methoxy groups -OCH3 is 1. The minimum absolute atomic E-state index is 0. The molecule has 4 nitrogen and oxygen atoms in total. The van der Waals surface area contributed by atoms with Crippen LogP contribution >= 0.6 is 0 Å². The Labute approximate surface area is 127 Å². The van der Waals surface area contributed by atoms with Crippen molar-refractivity contribution in [2.75, 3.05) is 7.11 Å². The number of rotatable bonds is 5. The third-order valence-electron chi connectivity index (χ3n) is 2.79. The Morgan fingerprint density at radius 2 is 1.64 bits per heavy atom. The molecule has 2 aromatic carbocycles. The van der Waals surface area contributed by atoms with Gasteiger partial charge in [-0.2, -0.15) is 0 Å². The molecule has 0 aromatic heterocycles. The third kappa shape index (κ3) is 5.20. The van der Waals surface area contributed by atoms with Gasteiger partial charge in [0.25, 0.3) is 0 Å². The Balaban J connectivity index is 0.00000242. The van der Waals surface area contributed by atoms with Gasteiger partial charge in [-0.25, -0.2) is 4.79 Å². The molecule has 0 amide bonds.